The zero-order valence-electron chi connectivity index (χ0n) is 7.27. The van der Waals surface area contributed by atoms with E-state index >= 15 is 0 Å². The summed E-state index contributed by atoms with van der Waals surface area (Å²) in [6.45, 7) is 0. The Kier molecular flexibility index (Phi) is 1.77. The summed E-state index contributed by atoms with van der Waals surface area (Å²) < 4.78 is 42.8. The third-order valence-corrected chi connectivity index (χ3v) is 2.86. The largest absolute Gasteiger partial charge is 0.398 e. The monoisotopic (exact) mass is 206 g/mol. The van der Waals surface area contributed by atoms with E-state index in [1.54, 1.807) is 0 Å². The van der Waals surface area contributed by atoms with Crippen molar-refractivity contribution in [1.29, 1.82) is 0 Å². The molecule has 1 aromatic rings. The van der Waals surface area contributed by atoms with E-state index in [9.17, 15) is 13.2 Å². The van der Waals surface area contributed by atoms with Crippen LogP contribution >= 0.6 is 0 Å². The molecule has 0 unspecified atom stereocenters. The predicted molar refractivity (Wildman–Crippen MR) is 42.5 cm³/mol. The van der Waals surface area contributed by atoms with Gasteiger partial charge in [-0.05, 0) is 12.8 Å². The highest BCUT2D eigenvalue weighted by Crippen LogP contribution is 2.55. The van der Waals surface area contributed by atoms with Gasteiger partial charge in [-0.3, -0.25) is 0 Å². The molecule has 14 heavy (non-hydrogen) atoms. The average Bonchev–Trinajstić information content (AvgIpc) is 2.31. The van der Waals surface area contributed by atoms with Crippen LogP contribution in [0.3, 0.4) is 0 Å². The Morgan fingerprint density at radius 2 is 2.07 bits per heavy atom. The van der Waals surface area contributed by atoms with Gasteiger partial charge in [0.1, 0.15) is 6.26 Å². The first-order valence-electron chi connectivity index (χ1n) is 4.24. The Bertz CT molecular complexity index is 341. The fourth-order valence-electron chi connectivity index (χ4n) is 1.84. The van der Waals surface area contributed by atoms with Crippen LogP contribution in [0.25, 0.3) is 0 Å². The maximum atomic E-state index is 12.8. The van der Waals surface area contributed by atoms with Gasteiger partial charge in [-0.25, -0.2) is 0 Å². The van der Waals surface area contributed by atoms with Gasteiger partial charge < -0.3 is 10.3 Å². The van der Waals surface area contributed by atoms with Crippen molar-refractivity contribution in [2.75, 3.05) is 5.73 Å². The van der Waals surface area contributed by atoms with Crippen molar-refractivity contribution in [1.82, 2.24) is 5.16 Å². The van der Waals surface area contributed by atoms with Crippen LogP contribution < -0.4 is 5.73 Å². The number of anilines is 1. The number of rotatable bonds is 1. The first-order valence-corrected chi connectivity index (χ1v) is 4.24. The zero-order chi connectivity index (χ0) is 10.4. The van der Waals surface area contributed by atoms with Gasteiger partial charge in [0.2, 0.25) is 0 Å². The van der Waals surface area contributed by atoms with E-state index in [4.69, 9.17) is 5.73 Å². The molecule has 2 N–H and O–H groups in total. The molecule has 0 aromatic carbocycles. The third kappa shape index (κ3) is 1.03. The summed E-state index contributed by atoms with van der Waals surface area (Å²) in [5.41, 5.74) is 3.50. The standard InChI is InChI=1S/C8H9F3N2O/c9-8(10,11)7(2-1-3-7)5-4-14-13-6(5)12/h4H,1-3H2,(H2,12,13). The fourth-order valence-corrected chi connectivity index (χ4v) is 1.84. The van der Waals surface area contributed by atoms with Gasteiger partial charge >= 0.3 is 6.18 Å². The van der Waals surface area contributed by atoms with E-state index in [2.05, 4.69) is 9.68 Å². The molecule has 1 aliphatic carbocycles. The van der Waals surface area contributed by atoms with E-state index in [1.165, 1.54) is 0 Å². The fraction of sp³-hybridized carbons (Fsp3) is 0.625. The van der Waals surface area contributed by atoms with Crippen LogP contribution in [0.2, 0.25) is 0 Å². The van der Waals surface area contributed by atoms with Crippen molar-refractivity contribution in [2.45, 2.75) is 30.9 Å². The molecular formula is C8H9F3N2O. The summed E-state index contributed by atoms with van der Waals surface area (Å²) in [7, 11) is 0. The van der Waals surface area contributed by atoms with Crippen molar-refractivity contribution in [3.05, 3.63) is 11.8 Å². The van der Waals surface area contributed by atoms with E-state index < -0.39 is 11.6 Å². The van der Waals surface area contributed by atoms with Gasteiger partial charge in [-0.15, -0.1) is 0 Å². The zero-order valence-corrected chi connectivity index (χ0v) is 7.27. The van der Waals surface area contributed by atoms with Crippen LogP contribution in [0, 0.1) is 0 Å². The van der Waals surface area contributed by atoms with E-state index in [0.717, 1.165) is 6.26 Å². The molecule has 3 nitrogen and oxygen atoms in total. The van der Waals surface area contributed by atoms with Crippen LogP contribution in [0.15, 0.2) is 10.8 Å². The molecule has 6 heteroatoms. The Morgan fingerprint density at radius 3 is 2.36 bits per heavy atom. The molecular weight excluding hydrogens is 197 g/mol. The number of alkyl halides is 3. The number of hydrogen-bond donors (Lipinski definition) is 1. The molecule has 1 aromatic heterocycles. The lowest BCUT2D eigenvalue weighted by atomic mass is 9.64. The number of nitrogens with zero attached hydrogens (tertiary/aromatic N) is 1. The molecule has 1 saturated carbocycles. The van der Waals surface area contributed by atoms with Crippen LogP contribution in [0.1, 0.15) is 24.8 Å². The normalized spacial score (nSPS) is 20.5. The van der Waals surface area contributed by atoms with Crippen LogP contribution in [-0.4, -0.2) is 11.3 Å². The van der Waals surface area contributed by atoms with E-state index in [0.29, 0.717) is 6.42 Å². The minimum atomic E-state index is -4.27. The quantitative estimate of drug-likeness (QED) is 0.766. The van der Waals surface area contributed by atoms with Gasteiger partial charge in [0.05, 0.1) is 11.0 Å². The second kappa shape index (κ2) is 2.65. The summed E-state index contributed by atoms with van der Waals surface area (Å²) in [6.07, 6.45) is -2.57. The Hall–Kier alpha value is -1.20. The number of nitrogen functional groups attached to an aromatic ring is 1. The predicted octanol–water partition coefficient (Wildman–Crippen LogP) is 2.24. The molecule has 0 bridgehead atoms. The molecule has 0 aliphatic heterocycles. The second-order valence-corrected chi connectivity index (χ2v) is 3.55. The average molecular weight is 206 g/mol. The minimum absolute atomic E-state index is 0.0174. The number of hydrogen-bond acceptors (Lipinski definition) is 3. The third-order valence-electron chi connectivity index (χ3n) is 2.86. The van der Waals surface area contributed by atoms with Gasteiger partial charge in [0.25, 0.3) is 0 Å². The Labute approximate surface area is 78.1 Å². The first kappa shape index (κ1) is 9.36. The molecule has 1 heterocycles. The number of nitrogens with two attached hydrogens (primary N) is 1. The van der Waals surface area contributed by atoms with Crippen LogP contribution in [0.5, 0.6) is 0 Å². The smallest absolute Gasteiger partial charge is 0.381 e. The highest BCUT2D eigenvalue weighted by atomic mass is 19.4. The SMILES string of the molecule is Nc1nocc1C1(C(F)(F)F)CCC1. The van der Waals surface area contributed by atoms with Crippen molar-refractivity contribution in [2.24, 2.45) is 0 Å². The minimum Gasteiger partial charge on any atom is -0.381 e. The molecule has 0 amide bonds. The lowest BCUT2D eigenvalue weighted by Gasteiger charge is -2.42. The molecule has 1 fully saturated rings. The summed E-state index contributed by atoms with van der Waals surface area (Å²) in [4.78, 5) is 0. The maximum Gasteiger partial charge on any atom is 0.398 e. The van der Waals surface area contributed by atoms with Gasteiger partial charge in [-0.1, -0.05) is 11.6 Å². The molecule has 2 rings (SSSR count). The molecule has 1 aliphatic rings. The maximum absolute atomic E-state index is 12.8. The highest BCUT2D eigenvalue weighted by molar-refractivity contribution is 5.44. The van der Waals surface area contributed by atoms with E-state index in [-0.39, 0.29) is 24.2 Å². The molecule has 78 valence electrons. The van der Waals surface area contributed by atoms with E-state index in [1.807, 2.05) is 0 Å². The van der Waals surface area contributed by atoms with Crippen molar-refractivity contribution in [3.63, 3.8) is 0 Å². The number of halogens is 3. The van der Waals surface area contributed by atoms with Gasteiger partial charge in [0, 0.05) is 0 Å². The van der Waals surface area contributed by atoms with Crippen molar-refractivity contribution >= 4 is 5.82 Å². The van der Waals surface area contributed by atoms with Gasteiger partial charge in [0.15, 0.2) is 5.82 Å². The van der Waals surface area contributed by atoms with Crippen molar-refractivity contribution < 1.29 is 17.7 Å². The topological polar surface area (TPSA) is 52.0 Å². The lowest BCUT2D eigenvalue weighted by Crippen LogP contribution is -2.48. The van der Waals surface area contributed by atoms with Crippen LogP contribution in [-0.2, 0) is 5.41 Å². The molecule has 0 saturated heterocycles. The second-order valence-electron chi connectivity index (χ2n) is 3.55. The van der Waals surface area contributed by atoms with Gasteiger partial charge in [-0.2, -0.15) is 13.2 Å². The molecule has 0 radical (unpaired) electrons. The Morgan fingerprint density at radius 1 is 1.43 bits per heavy atom. The Balaban J connectivity index is 2.44. The molecule has 0 atom stereocenters. The van der Waals surface area contributed by atoms with Crippen molar-refractivity contribution in [3.8, 4) is 0 Å². The summed E-state index contributed by atoms with van der Waals surface area (Å²) in [5.74, 6) is -0.151. The summed E-state index contributed by atoms with van der Waals surface area (Å²) in [6, 6.07) is 0. The highest BCUT2D eigenvalue weighted by Gasteiger charge is 2.60. The lowest BCUT2D eigenvalue weighted by molar-refractivity contribution is -0.212. The molecule has 0 spiro atoms. The first-order chi connectivity index (χ1) is 6.47. The number of aromatic nitrogens is 1. The van der Waals surface area contributed by atoms with Crippen LogP contribution in [0.4, 0.5) is 19.0 Å². The summed E-state index contributed by atoms with van der Waals surface area (Å²) in [5, 5.41) is 3.28. The summed E-state index contributed by atoms with van der Waals surface area (Å²) >= 11 is 0.